The van der Waals surface area contributed by atoms with Gasteiger partial charge in [0.1, 0.15) is 5.75 Å². The lowest BCUT2D eigenvalue weighted by Crippen LogP contribution is -2.32. The lowest BCUT2D eigenvalue weighted by molar-refractivity contribution is 0.354. The maximum Gasteiger partial charge on any atom is 0.171 e. The van der Waals surface area contributed by atoms with Crippen LogP contribution < -0.4 is 24.8 Å². The zero-order valence-electron chi connectivity index (χ0n) is 15.0. The van der Waals surface area contributed by atoms with Gasteiger partial charge in [-0.1, -0.05) is 19.1 Å². The Balaban J connectivity index is 2.09. The zero-order chi connectivity index (χ0) is 18.2. The molecular weight excluding hydrogens is 336 g/mol. The van der Waals surface area contributed by atoms with E-state index in [0.29, 0.717) is 16.6 Å². The summed E-state index contributed by atoms with van der Waals surface area (Å²) in [6.45, 7) is 2.10. The van der Waals surface area contributed by atoms with E-state index < -0.39 is 0 Å². The van der Waals surface area contributed by atoms with E-state index in [1.807, 2.05) is 42.5 Å². The minimum Gasteiger partial charge on any atom is -0.497 e. The molecule has 0 bridgehead atoms. The first-order chi connectivity index (χ1) is 12.1. The maximum absolute atomic E-state index is 5.45. The van der Waals surface area contributed by atoms with Gasteiger partial charge in [0.05, 0.1) is 27.4 Å². The lowest BCUT2D eigenvalue weighted by Gasteiger charge is -2.21. The molecule has 2 aromatic rings. The molecule has 0 aliphatic carbocycles. The van der Waals surface area contributed by atoms with Crippen LogP contribution in [0.2, 0.25) is 0 Å². The van der Waals surface area contributed by atoms with Crippen LogP contribution in [0.5, 0.6) is 17.2 Å². The second-order valence-electron chi connectivity index (χ2n) is 5.41. The number of hydrogen-bond acceptors (Lipinski definition) is 4. The number of ether oxygens (including phenoxy) is 3. The van der Waals surface area contributed by atoms with Gasteiger partial charge in [-0.05, 0) is 48.5 Å². The van der Waals surface area contributed by atoms with Crippen molar-refractivity contribution in [2.24, 2.45) is 0 Å². The van der Waals surface area contributed by atoms with Gasteiger partial charge in [0.15, 0.2) is 16.6 Å². The highest BCUT2D eigenvalue weighted by Crippen LogP contribution is 2.31. The standard InChI is InChI=1S/C19H24N2O3S/c1-5-16(13-9-10-17(23-3)18(11-13)24-4)21-19(25)20-14-7-6-8-15(12-14)22-2/h6-12,16H,5H2,1-4H3,(H2,20,21,25)/t16-/m0/s1. The molecule has 2 aromatic carbocycles. The van der Waals surface area contributed by atoms with Gasteiger partial charge in [-0.3, -0.25) is 0 Å². The van der Waals surface area contributed by atoms with Crippen molar-refractivity contribution in [2.45, 2.75) is 19.4 Å². The van der Waals surface area contributed by atoms with Crippen molar-refractivity contribution in [2.75, 3.05) is 26.6 Å². The summed E-state index contributed by atoms with van der Waals surface area (Å²) in [5, 5.41) is 7.08. The summed E-state index contributed by atoms with van der Waals surface area (Å²) < 4.78 is 15.9. The first-order valence-electron chi connectivity index (χ1n) is 8.04. The molecule has 0 unspecified atom stereocenters. The first kappa shape index (κ1) is 18.9. The Kier molecular flexibility index (Phi) is 6.89. The van der Waals surface area contributed by atoms with Gasteiger partial charge < -0.3 is 24.8 Å². The summed E-state index contributed by atoms with van der Waals surface area (Å²) in [5.41, 5.74) is 1.95. The average Bonchev–Trinajstić information content (AvgIpc) is 2.65. The van der Waals surface area contributed by atoms with E-state index in [9.17, 15) is 0 Å². The van der Waals surface area contributed by atoms with Crippen LogP contribution in [0.4, 0.5) is 5.69 Å². The molecule has 0 saturated heterocycles. The third-order valence-electron chi connectivity index (χ3n) is 3.85. The number of hydrogen-bond donors (Lipinski definition) is 2. The summed E-state index contributed by atoms with van der Waals surface area (Å²) in [7, 11) is 4.89. The highest BCUT2D eigenvalue weighted by Gasteiger charge is 2.14. The van der Waals surface area contributed by atoms with E-state index in [1.165, 1.54) is 0 Å². The summed E-state index contributed by atoms with van der Waals surface area (Å²) in [4.78, 5) is 0. The number of thiocarbonyl (C=S) groups is 1. The van der Waals surface area contributed by atoms with Gasteiger partial charge in [0.25, 0.3) is 0 Å². The molecule has 0 spiro atoms. The van der Waals surface area contributed by atoms with Crippen LogP contribution >= 0.6 is 12.2 Å². The molecule has 0 saturated carbocycles. The minimum absolute atomic E-state index is 0.0606. The molecule has 5 nitrogen and oxygen atoms in total. The Morgan fingerprint density at radius 2 is 1.76 bits per heavy atom. The molecule has 2 N–H and O–H groups in total. The fraction of sp³-hybridized carbons (Fsp3) is 0.316. The maximum atomic E-state index is 5.45. The fourth-order valence-corrected chi connectivity index (χ4v) is 2.78. The molecule has 2 rings (SSSR count). The monoisotopic (exact) mass is 360 g/mol. The quantitative estimate of drug-likeness (QED) is 0.724. The van der Waals surface area contributed by atoms with Gasteiger partial charge in [0, 0.05) is 11.8 Å². The van der Waals surface area contributed by atoms with Crippen molar-refractivity contribution in [1.29, 1.82) is 0 Å². The van der Waals surface area contributed by atoms with Crippen LogP contribution in [0.15, 0.2) is 42.5 Å². The van der Waals surface area contributed by atoms with Gasteiger partial charge in [-0.25, -0.2) is 0 Å². The van der Waals surface area contributed by atoms with Crippen molar-refractivity contribution < 1.29 is 14.2 Å². The van der Waals surface area contributed by atoms with Crippen LogP contribution in [0.25, 0.3) is 0 Å². The second-order valence-corrected chi connectivity index (χ2v) is 5.81. The normalized spacial score (nSPS) is 11.4. The largest absolute Gasteiger partial charge is 0.497 e. The predicted molar refractivity (Wildman–Crippen MR) is 105 cm³/mol. The molecule has 0 heterocycles. The van der Waals surface area contributed by atoms with E-state index >= 15 is 0 Å². The van der Waals surface area contributed by atoms with Crippen LogP contribution in [0, 0.1) is 0 Å². The Bertz CT molecular complexity index is 722. The van der Waals surface area contributed by atoms with Crippen LogP contribution in [-0.2, 0) is 0 Å². The van der Waals surface area contributed by atoms with E-state index in [-0.39, 0.29) is 6.04 Å². The number of rotatable bonds is 7. The average molecular weight is 360 g/mol. The van der Waals surface area contributed by atoms with E-state index in [4.69, 9.17) is 26.4 Å². The molecule has 0 radical (unpaired) electrons. The van der Waals surface area contributed by atoms with Gasteiger partial charge >= 0.3 is 0 Å². The Hall–Kier alpha value is -2.47. The van der Waals surface area contributed by atoms with E-state index in [1.54, 1.807) is 21.3 Å². The number of nitrogens with one attached hydrogen (secondary N) is 2. The third kappa shape index (κ3) is 5.00. The second kappa shape index (κ2) is 9.13. The van der Waals surface area contributed by atoms with Crippen LogP contribution in [0.1, 0.15) is 24.9 Å². The van der Waals surface area contributed by atoms with Crippen LogP contribution in [0.3, 0.4) is 0 Å². The summed E-state index contributed by atoms with van der Waals surface area (Å²) >= 11 is 5.45. The first-order valence-corrected chi connectivity index (χ1v) is 8.45. The van der Waals surface area contributed by atoms with Gasteiger partial charge in [0.2, 0.25) is 0 Å². The van der Waals surface area contributed by atoms with Crippen molar-refractivity contribution >= 4 is 23.0 Å². The molecule has 6 heteroatoms. The topological polar surface area (TPSA) is 51.8 Å². The molecular formula is C19H24N2O3S. The minimum atomic E-state index is 0.0606. The number of methoxy groups -OCH3 is 3. The highest BCUT2D eigenvalue weighted by molar-refractivity contribution is 7.80. The Labute approximate surface area is 154 Å². The Morgan fingerprint density at radius 3 is 2.40 bits per heavy atom. The zero-order valence-corrected chi connectivity index (χ0v) is 15.8. The van der Waals surface area contributed by atoms with Gasteiger partial charge in [-0.2, -0.15) is 0 Å². The molecule has 25 heavy (non-hydrogen) atoms. The van der Waals surface area contributed by atoms with Crippen molar-refractivity contribution in [3.05, 3.63) is 48.0 Å². The number of benzene rings is 2. The smallest absolute Gasteiger partial charge is 0.171 e. The summed E-state index contributed by atoms with van der Waals surface area (Å²) in [6, 6.07) is 13.6. The summed E-state index contributed by atoms with van der Waals surface area (Å²) in [5.74, 6) is 2.19. The lowest BCUT2D eigenvalue weighted by atomic mass is 10.0. The van der Waals surface area contributed by atoms with Crippen molar-refractivity contribution in [3.8, 4) is 17.2 Å². The Morgan fingerprint density at radius 1 is 1.00 bits per heavy atom. The summed E-state index contributed by atoms with van der Waals surface area (Å²) in [6.07, 6.45) is 0.870. The molecule has 0 amide bonds. The molecule has 1 atom stereocenters. The van der Waals surface area contributed by atoms with E-state index in [2.05, 4.69) is 17.6 Å². The molecule has 0 fully saturated rings. The molecule has 134 valence electrons. The van der Waals surface area contributed by atoms with Crippen LogP contribution in [-0.4, -0.2) is 26.4 Å². The van der Waals surface area contributed by atoms with Gasteiger partial charge in [-0.15, -0.1) is 0 Å². The highest BCUT2D eigenvalue weighted by atomic mass is 32.1. The number of anilines is 1. The SMILES string of the molecule is CC[C@H](NC(=S)Nc1cccc(OC)c1)c1ccc(OC)c(OC)c1. The molecule has 0 aliphatic rings. The van der Waals surface area contributed by atoms with Crippen molar-refractivity contribution in [3.63, 3.8) is 0 Å². The fourth-order valence-electron chi connectivity index (χ4n) is 2.52. The molecule has 0 aliphatic heterocycles. The molecule has 0 aromatic heterocycles. The predicted octanol–water partition coefficient (Wildman–Crippen LogP) is 4.15. The van der Waals surface area contributed by atoms with Crippen molar-refractivity contribution in [1.82, 2.24) is 5.32 Å². The van der Waals surface area contributed by atoms with E-state index in [0.717, 1.165) is 23.4 Å². The third-order valence-corrected chi connectivity index (χ3v) is 4.07.